The average molecular weight is 271 g/mol. The molecule has 2 N–H and O–H groups in total. The SMILES string of the molecule is Nc1cc(CN2CCOC2=O)ccc1Br. The number of halogens is 1. The van der Waals surface area contributed by atoms with Crippen LogP contribution >= 0.6 is 15.9 Å². The third-order valence-corrected chi connectivity index (χ3v) is 3.00. The summed E-state index contributed by atoms with van der Waals surface area (Å²) in [5.74, 6) is 0. The number of hydrogen-bond donors (Lipinski definition) is 1. The molecule has 0 aromatic heterocycles. The van der Waals surface area contributed by atoms with Gasteiger partial charge in [0.2, 0.25) is 0 Å². The summed E-state index contributed by atoms with van der Waals surface area (Å²) in [6, 6.07) is 5.67. The quantitative estimate of drug-likeness (QED) is 0.837. The van der Waals surface area contributed by atoms with Gasteiger partial charge in [0.25, 0.3) is 0 Å². The molecule has 1 fully saturated rings. The fourth-order valence-electron chi connectivity index (χ4n) is 1.48. The van der Waals surface area contributed by atoms with Gasteiger partial charge in [-0.3, -0.25) is 0 Å². The van der Waals surface area contributed by atoms with Gasteiger partial charge in [0, 0.05) is 16.7 Å². The third-order valence-electron chi connectivity index (χ3n) is 2.28. The lowest BCUT2D eigenvalue weighted by atomic mass is 10.2. The van der Waals surface area contributed by atoms with E-state index in [0.717, 1.165) is 10.0 Å². The Morgan fingerprint density at radius 1 is 1.53 bits per heavy atom. The van der Waals surface area contributed by atoms with Crippen LogP contribution in [-0.4, -0.2) is 24.1 Å². The molecule has 0 aliphatic carbocycles. The lowest BCUT2D eigenvalue weighted by Gasteiger charge is -2.12. The van der Waals surface area contributed by atoms with Crippen molar-refractivity contribution in [3.8, 4) is 0 Å². The molecule has 1 aromatic rings. The Labute approximate surface area is 96.1 Å². The molecule has 2 rings (SSSR count). The van der Waals surface area contributed by atoms with E-state index in [0.29, 0.717) is 25.4 Å². The van der Waals surface area contributed by atoms with Gasteiger partial charge < -0.3 is 15.4 Å². The molecular formula is C10H11BrN2O2. The molecule has 0 saturated carbocycles. The fraction of sp³-hybridized carbons (Fsp3) is 0.300. The van der Waals surface area contributed by atoms with Crippen molar-refractivity contribution in [2.24, 2.45) is 0 Å². The number of ether oxygens (including phenoxy) is 1. The number of carbonyl (C=O) groups is 1. The molecule has 80 valence electrons. The highest BCUT2D eigenvalue weighted by atomic mass is 79.9. The smallest absolute Gasteiger partial charge is 0.410 e. The second-order valence-electron chi connectivity index (χ2n) is 3.39. The van der Waals surface area contributed by atoms with Crippen LogP contribution in [0.5, 0.6) is 0 Å². The molecule has 1 aromatic carbocycles. The number of benzene rings is 1. The lowest BCUT2D eigenvalue weighted by molar-refractivity contribution is 0.157. The Morgan fingerprint density at radius 2 is 2.33 bits per heavy atom. The normalized spacial score (nSPS) is 15.5. The largest absolute Gasteiger partial charge is 0.448 e. The highest BCUT2D eigenvalue weighted by Gasteiger charge is 2.21. The number of nitrogen functional groups attached to an aromatic ring is 1. The maximum absolute atomic E-state index is 11.2. The third kappa shape index (κ3) is 2.23. The van der Waals surface area contributed by atoms with Gasteiger partial charge in [0.1, 0.15) is 6.61 Å². The number of nitrogens with two attached hydrogens (primary N) is 1. The number of anilines is 1. The highest BCUT2D eigenvalue weighted by molar-refractivity contribution is 9.10. The zero-order valence-corrected chi connectivity index (χ0v) is 9.66. The number of cyclic esters (lactones) is 1. The first-order chi connectivity index (χ1) is 7.16. The van der Waals surface area contributed by atoms with E-state index in [1.165, 1.54) is 0 Å². The van der Waals surface area contributed by atoms with Crippen molar-refractivity contribution < 1.29 is 9.53 Å². The average Bonchev–Trinajstić information content (AvgIpc) is 2.59. The van der Waals surface area contributed by atoms with E-state index in [9.17, 15) is 4.79 Å². The molecule has 0 spiro atoms. The van der Waals surface area contributed by atoms with Gasteiger partial charge in [-0.2, -0.15) is 0 Å². The van der Waals surface area contributed by atoms with Crippen LogP contribution in [0.2, 0.25) is 0 Å². The number of amides is 1. The Morgan fingerprint density at radius 3 is 2.93 bits per heavy atom. The number of hydrogen-bond acceptors (Lipinski definition) is 3. The van der Waals surface area contributed by atoms with Crippen molar-refractivity contribution in [2.45, 2.75) is 6.54 Å². The Hall–Kier alpha value is -1.23. The van der Waals surface area contributed by atoms with Gasteiger partial charge in [-0.05, 0) is 33.6 Å². The van der Waals surface area contributed by atoms with Crippen molar-refractivity contribution in [2.75, 3.05) is 18.9 Å². The monoisotopic (exact) mass is 270 g/mol. The molecule has 1 heterocycles. The maximum Gasteiger partial charge on any atom is 0.410 e. The minimum absolute atomic E-state index is 0.253. The van der Waals surface area contributed by atoms with Crippen molar-refractivity contribution in [3.05, 3.63) is 28.2 Å². The molecule has 0 atom stereocenters. The molecule has 1 aliphatic heterocycles. The van der Waals surface area contributed by atoms with Gasteiger partial charge in [0.05, 0.1) is 6.54 Å². The second kappa shape index (κ2) is 4.10. The standard InChI is InChI=1S/C10H11BrN2O2/c11-8-2-1-7(5-9(8)12)6-13-3-4-15-10(13)14/h1-2,5H,3-4,6,12H2. The Bertz CT molecular complexity index is 395. The van der Waals surface area contributed by atoms with Crippen LogP contribution in [-0.2, 0) is 11.3 Å². The lowest BCUT2D eigenvalue weighted by Crippen LogP contribution is -2.23. The predicted octanol–water partition coefficient (Wildman–Crippen LogP) is 1.98. The zero-order valence-electron chi connectivity index (χ0n) is 8.07. The molecule has 1 amide bonds. The molecule has 0 bridgehead atoms. The van der Waals surface area contributed by atoms with Gasteiger partial charge in [-0.15, -0.1) is 0 Å². The first kappa shape index (κ1) is 10.3. The van der Waals surface area contributed by atoms with E-state index in [1.54, 1.807) is 4.90 Å². The summed E-state index contributed by atoms with van der Waals surface area (Å²) >= 11 is 3.32. The first-order valence-corrected chi connectivity index (χ1v) is 5.42. The van der Waals surface area contributed by atoms with E-state index >= 15 is 0 Å². The summed E-state index contributed by atoms with van der Waals surface area (Å²) in [5.41, 5.74) is 7.44. The van der Waals surface area contributed by atoms with E-state index < -0.39 is 0 Å². The maximum atomic E-state index is 11.2. The van der Waals surface area contributed by atoms with Gasteiger partial charge in [0.15, 0.2) is 0 Å². The molecule has 15 heavy (non-hydrogen) atoms. The van der Waals surface area contributed by atoms with Gasteiger partial charge in [-0.1, -0.05) is 6.07 Å². The van der Waals surface area contributed by atoms with Crippen molar-refractivity contribution >= 4 is 27.7 Å². The van der Waals surface area contributed by atoms with Crippen molar-refractivity contribution in [1.82, 2.24) is 4.90 Å². The summed E-state index contributed by atoms with van der Waals surface area (Å²) in [6.45, 7) is 1.68. The highest BCUT2D eigenvalue weighted by Crippen LogP contribution is 2.21. The summed E-state index contributed by atoms with van der Waals surface area (Å²) in [4.78, 5) is 12.8. The van der Waals surface area contributed by atoms with Crippen LogP contribution in [0.15, 0.2) is 22.7 Å². The minimum atomic E-state index is -0.253. The number of nitrogens with zero attached hydrogens (tertiary/aromatic N) is 1. The summed E-state index contributed by atoms with van der Waals surface area (Å²) < 4.78 is 5.71. The van der Waals surface area contributed by atoms with Gasteiger partial charge in [-0.25, -0.2) is 4.79 Å². The molecule has 1 saturated heterocycles. The molecule has 5 heteroatoms. The van der Waals surface area contributed by atoms with Crippen LogP contribution in [0, 0.1) is 0 Å². The summed E-state index contributed by atoms with van der Waals surface area (Å²) in [7, 11) is 0. The Kier molecular flexibility index (Phi) is 2.81. The van der Waals surface area contributed by atoms with E-state index in [2.05, 4.69) is 15.9 Å². The zero-order chi connectivity index (χ0) is 10.8. The number of carbonyl (C=O) groups excluding carboxylic acids is 1. The minimum Gasteiger partial charge on any atom is -0.448 e. The van der Waals surface area contributed by atoms with Crippen LogP contribution in [0.4, 0.5) is 10.5 Å². The van der Waals surface area contributed by atoms with Crippen molar-refractivity contribution in [3.63, 3.8) is 0 Å². The molecular weight excluding hydrogens is 260 g/mol. The Balaban J connectivity index is 2.10. The van der Waals surface area contributed by atoms with E-state index in [1.807, 2.05) is 18.2 Å². The predicted molar refractivity (Wildman–Crippen MR) is 60.3 cm³/mol. The van der Waals surface area contributed by atoms with Gasteiger partial charge >= 0.3 is 6.09 Å². The van der Waals surface area contributed by atoms with Crippen LogP contribution in [0.25, 0.3) is 0 Å². The van der Waals surface area contributed by atoms with Crippen LogP contribution in [0.3, 0.4) is 0 Å². The second-order valence-corrected chi connectivity index (χ2v) is 4.25. The summed E-state index contributed by atoms with van der Waals surface area (Å²) in [5, 5.41) is 0. The summed E-state index contributed by atoms with van der Waals surface area (Å²) in [6.07, 6.45) is -0.253. The van der Waals surface area contributed by atoms with Crippen LogP contribution < -0.4 is 5.73 Å². The number of rotatable bonds is 2. The molecule has 4 nitrogen and oxygen atoms in total. The van der Waals surface area contributed by atoms with Crippen molar-refractivity contribution in [1.29, 1.82) is 0 Å². The van der Waals surface area contributed by atoms with E-state index in [4.69, 9.17) is 10.5 Å². The fourth-order valence-corrected chi connectivity index (χ4v) is 1.73. The van der Waals surface area contributed by atoms with Crippen LogP contribution in [0.1, 0.15) is 5.56 Å². The topological polar surface area (TPSA) is 55.6 Å². The molecule has 0 unspecified atom stereocenters. The molecule has 1 aliphatic rings. The first-order valence-electron chi connectivity index (χ1n) is 4.62. The van der Waals surface area contributed by atoms with E-state index in [-0.39, 0.29) is 6.09 Å². The molecule has 0 radical (unpaired) electrons.